The zero-order valence-electron chi connectivity index (χ0n) is 17.3. The molecule has 2 N–H and O–H groups in total. The molecule has 3 aromatic carbocycles. The molecular formula is C24H22FN3O3. The van der Waals surface area contributed by atoms with E-state index in [1.807, 2.05) is 12.1 Å². The van der Waals surface area contributed by atoms with Crippen LogP contribution in [0.5, 0.6) is 11.5 Å². The number of fused-ring (bicyclic) bond motifs is 1. The number of hydrogen-bond acceptors (Lipinski definition) is 4. The van der Waals surface area contributed by atoms with E-state index in [1.54, 1.807) is 43.5 Å². The van der Waals surface area contributed by atoms with Crippen molar-refractivity contribution in [3.63, 3.8) is 0 Å². The van der Waals surface area contributed by atoms with Gasteiger partial charge in [0.15, 0.2) is 0 Å². The summed E-state index contributed by atoms with van der Waals surface area (Å²) in [7, 11) is 3.06. The number of urea groups is 1. The number of carbonyl (C=O) groups is 1. The van der Waals surface area contributed by atoms with Gasteiger partial charge in [-0.05, 0) is 48.4 Å². The van der Waals surface area contributed by atoms with Gasteiger partial charge in [-0.3, -0.25) is 9.89 Å². The minimum Gasteiger partial charge on any atom is -0.497 e. The van der Waals surface area contributed by atoms with Gasteiger partial charge in [0, 0.05) is 23.7 Å². The van der Waals surface area contributed by atoms with E-state index in [0.717, 1.165) is 28.8 Å². The van der Waals surface area contributed by atoms with Crippen molar-refractivity contribution in [1.82, 2.24) is 0 Å². The predicted molar refractivity (Wildman–Crippen MR) is 118 cm³/mol. The number of anilines is 2. The standard InChI is InChI=1S/C24H22FN3O3/c1-30-19-9-10-21(22(14-19)31-2)28(24(26)29)18-7-4-16(5-8-18)23-20-13-17(25)6-3-15(20)11-12-27-23/h3-10,13-14H,11-12H2,1-2H3,(H2,26,29). The number of benzene rings is 3. The lowest BCUT2D eigenvalue weighted by Gasteiger charge is -2.24. The highest BCUT2D eigenvalue weighted by Crippen LogP contribution is 2.36. The van der Waals surface area contributed by atoms with Gasteiger partial charge in [-0.15, -0.1) is 0 Å². The summed E-state index contributed by atoms with van der Waals surface area (Å²) < 4.78 is 24.5. The highest BCUT2D eigenvalue weighted by Gasteiger charge is 2.21. The van der Waals surface area contributed by atoms with Crippen molar-refractivity contribution in [2.45, 2.75) is 6.42 Å². The number of nitrogens with two attached hydrogens (primary N) is 1. The van der Waals surface area contributed by atoms with Gasteiger partial charge in [-0.1, -0.05) is 18.2 Å². The quantitative estimate of drug-likeness (QED) is 0.664. The van der Waals surface area contributed by atoms with E-state index in [9.17, 15) is 9.18 Å². The molecule has 3 aromatic rings. The Labute approximate surface area is 179 Å². The molecule has 7 heteroatoms. The first-order valence-electron chi connectivity index (χ1n) is 9.77. The number of rotatable bonds is 5. The van der Waals surface area contributed by atoms with Gasteiger partial charge in [-0.25, -0.2) is 9.18 Å². The summed E-state index contributed by atoms with van der Waals surface area (Å²) in [4.78, 5) is 18.3. The number of hydrogen-bond donors (Lipinski definition) is 1. The molecule has 0 unspecified atom stereocenters. The number of ether oxygens (including phenoxy) is 2. The number of primary amides is 1. The molecule has 0 aromatic heterocycles. The van der Waals surface area contributed by atoms with E-state index in [4.69, 9.17) is 15.2 Å². The van der Waals surface area contributed by atoms with Crippen LogP contribution in [0, 0.1) is 5.82 Å². The summed E-state index contributed by atoms with van der Waals surface area (Å²) in [6, 6.07) is 16.5. The molecule has 1 aliphatic heterocycles. The molecule has 31 heavy (non-hydrogen) atoms. The highest BCUT2D eigenvalue weighted by molar-refractivity contribution is 6.14. The lowest BCUT2D eigenvalue weighted by Crippen LogP contribution is -2.31. The maximum atomic E-state index is 13.8. The Bertz CT molecular complexity index is 1160. The third-order valence-electron chi connectivity index (χ3n) is 5.23. The van der Waals surface area contributed by atoms with Crippen LogP contribution in [0.15, 0.2) is 65.7 Å². The SMILES string of the molecule is COc1ccc(N(C(N)=O)c2ccc(C3=NCCc4ccc(F)cc43)cc2)c(OC)c1. The fraction of sp³-hybridized carbons (Fsp3) is 0.167. The summed E-state index contributed by atoms with van der Waals surface area (Å²) in [6.07, 6.45) is 0.782. The molecule has 158 valence electrons. The molecule has 2 amide bonds. The average molecular weight is 419 g/mol. The lowest BCUT2D eigenvalue weighted by atomic mass is 9.93. The first kappa shape index (κ1) is 20.4. The number of methoxy groups -OCH3 is 2. The minimum absolute atomic E-state index is 0.295. The molecule has 0 bridgehead atoms. The van der Waals surface area contributed by atoms with Crippen molar-refractivity contribution in [2.75, 3.05) is 25.7 Å². The van der Waals surface area contributed by atoms with Crippen molar-refractivity contribution in [1.29, 1.82) is 0 Å². The summed E-state index contributed by atoms with van der Waals surface area (Å²) >= 11 is 0. The number of carbonyl (C=O) groups excluding carboxylic acids is 1. The van der Waals surface area contributed by atoms with Crippen LogP contribution < -0.4 is 20.1 Å². The molecule has 6 nitrogen and oxygen atoms in total. The van der Waals surface area contributed by atoms with Crippen molar-refractivity contribution < 1.29 is 18.7 Å². The average Bonchev–Trinajstić information content (AvgIpc) is 2.79. The van der Waals surface area contributed by atoms with Crippen molar-refractivity contribution >= 4 is 23.1 Å². The van der Waals surface area contributed by atoms with Gasteiger partial charge in [0.1, 0.15) is 17.3 Å². The Kier molecular flexibility index (Phi) is 5.58. The van der Waals surface area contributed by atoms with Crippen LogP contribution in [0.4, 0.5) is 20.6 Å². The van der Waals surface area contributed by atoms with E-state index in [1.165, 1.54) is 24.1 Å². The maximum absolute atomic E-state index is 13.8. The highest BCUT2D eigenvalue weighted by atomic mass is 19.1. The van der Waals surface area contributed by atoms with Gasteiger partial charge < -0.3 is 15.2 Å². The fourth-order valence-electron chi connectivity index (χ4n) is 3.73. The predicted octanol–water partition coefficient (Wildman–Crippen LogP) is 4.45. The van der Waals surface area contributed by atoms with Crippen LogP contribution in [0.3, 0.4) is 0 Å². The van der Waals surface area contributed by atoms with E-state index < -0.39 is 6.03 Å². The van der Waals surface area contributed by atoms with Crippen LogP contribution in [0.1, 0.15) is 16.7 Å². The second kappa shape index (κ2) is 8.47. The molecule has 0 fully saturated rings. The Morgan fingerprint density at radius 3 is 2.48 bits per heavy atom. The number of nitrogens with zero attached hydrogens (tertiary/aromatic N) is 2. The van der Waals surface area contributed by atoms with Crippen molar-refractivity contribution in [3.05, 3.63) is 83.2 Å². The van der Waals surface area contributed by atoms with E-state index in [-0.39, 0.29) is 5.82 Å². The Morgan fingerprint density at radius 1 is 1.03 bits per heavy atom. The third kappa shape index (κ3) is 3.94. The monoisotopic (exact) mass is 419 g/mol. The van der Waals surface area contributed by atoms with Crippen LogP contribution in [-0.4, -0.2) is 32.5 Å². The Balaban J connectivity index is 1.71. The van der Waals surface area contributed by atoms with E-state index >= 15 is 0 Å². The van der Waals surface area contributed by atoms with Gasteiger partial charge in [0.25, 0.3) is 0 Å². The van der Waals surface area contributed by atoms with Gasteiger partial charge >= 0.3 is 6.03 Å². The lowest BCUT2D eigenvalue weighted by molar-refractivity contribution is 0.256. The Hall–Kier alpha value is -3.87. The second-order valence-corrected chi connectivity index (χ2v) is 7.04. The molecule has 0 saturated carbocycles. The Morgan fingerprint density at radius 2 is 1.81 bits per heavy atom. The van der Waals surface area contributed by atoms with E-state index in [2.05, 4.69) is 4.99 Å². The molecule has 4 rings (SSSR count). The summed E-state index contributed by atoms with van der Waals surface area (Å²) in [5.74, 6) is 0.751. The normalized spacial score (nSPS) is 12.5. The first-order valence-corrected chi connectivity index (χ1v) is 9.77. The second-order valence-electron chi connectivity index (χ2n) is 7.04. The van der Waals surface area contributed by atoms with Gasteiger partial charge in [0.05, 0.1) is 31.3 Å². The third-order valence-corrected chi connectivity index (χ3v) is 5.23. The van der Waals surface area contributed by atoms with Crippen LogP contribution >= 0.6 is 0 Å². The summed E-state index contributed by atoms with van der Waals surface area (Å²) in [6.45, 7) is 0.645. The van der Waals surface area contributed by atoms with Crippen LogP contribution in [0.2, 0.25) is 0 Å². The zero-order chi connectivity index (χ0) is 22.0. The molecular weight excluding hydrogens is 397 g/mol. The molecule has 1 heterocycles. The first-order chi connectivity index (χ1) is 15.0. The largest absolute Gasteiger partial charge is 0.497 e. The van der Waals surface area contributed by atoms with E-state index in [0.29, 0.717) is 29.4 Å². The molecule has 0 radical (unpaired) electrons. The number of halogens is 1. The number of aliphatic imine (C=N–C) groups is 1. The summed E-state index contributed by atoms with van der Waals surface area (Å²) in [5, 5.41) is 0. The molecule has 0 atom stereocenters. The fourth-order valence-corrected chi connectivity index (χ4v) is 3.73. The molecule has 0 aliphatic carbocycles. The summed E-state index contributed by atoms with van der Waals surface area (Å²) in [5.41, 5.74) is 10.2. The minimum atomic E-state index is -0.654. The van der Waals surface area contributed by atoms with Gasteiger partial charge in [0.2, 0.25) is 0 Å². The molecule has 0 spiro atoms. The van der Waals surface area contributed by atoms with Crippen LogP contribution in [-0.2, 0) is 6.42 Å². The maximum Gasteiger partial charge on any atom is 0.324 e. The zero-order valence-corrected chi connectivity index (χ0v) is 17.3. The molecule has 0 saturated heterocycles. The topological polar surface area (TPSA) is 77.2 Å². The number of amides is 2. The van der Waals surface area contributed by atoms with Crippen molar-refractivity contribution in [3.8, 4) is 11.5 Å². The molecule has 1 aliphatic rings. The van der Waals surface area contributed by atoms with Crippen molar-refractivity contribution in [2.24, 2.45) is 10.7 Å². The van der Waals surface area contributed by atoms with Crippen LogP contribution in [0.25, 0.3) is 0 Å². The smallest absolute Gasteiger partial charge is 0.324 e. The van der Waals surface area contributed by atoms with Gasteiger partial charge in [-0.2, -0.15) is 0 Å².